The van der Waals surface area contributed by atoms with E-state index in [1.807, 2.05) is 48.2 Å². The van der Waals surface area contributed by atoms with Crippen molar-refractivity contribution in [3.05, 3.63) is 64.5 Å². The molecule has 6 nitrogen and oxygen atoms in total. The molecular formula is C23H26N2O4. The maximum absolute atomic E-state index is 12.9. The van der Waals surface area contributed by atoms with E-state index in [2.05, 4.69) is 4.98 Å². The van der Waals surface area contributed by atoms with Gasteiger partial charge in [0.1, 0.15) is 5.60 Å². The highest BCUT2D eigenvalue weighted by molar-refractivity contribution is 5.95. The molecule has 1 atom stereocenters. The molecule has 3 aliphatic rings. The smallest absolute Gasteiger partial charge is 0.254 e. The van der Waals surface area contributed by atoms with E-state index in [-0.39, 0.29) is 17.6 Å². The number of aryl methyl sites for hydroxylation is 1. The van der Waals surface area contributed by atoms with Crippen LogP contribution in [0.5, 0.6) is 0 Å². The first-order valence-corrected chi connectivity index (χ1v) is 10.3. The van der Waals surface area contributed by atoms with Crippen molar-refractivity contribution in [2.75, 3.05) is 19.7 Å². The zero-order valence-electron chi connectivity index (χ0n) is 16.7. The third-order valence-electron chi connectivity index (χ3n) is 6.07. The summed E-state index contributed by atoms with van der Waals surface area (Å²) in [6.45, 7) is 5.67. The molecule has 0 radical (unpaired) electrons. The van der Waals surface area contributed by atoms with Crippen molar-refractivity contribution in [2.24, 2.45) is 0 Å². The van der Waals surface area contributed by atoms with E-state index < -0.39 is 0 Å². The van der Waals surface area contributed by atoms with Crippen LogP contribution in [0.25, 0.3) is 0 Å². The van der Waals surface area contributed by atoms with Crippen LogP contribution in [0.3, 0.4) is 0 Å². The fourth-order valence-corrected chi connectivity index (χ4v) is 4.51. The summed E-state index contributed by atoms with van der Waals surface area (Å²) in [5, 5.41) is 0. The van der Waals surface area contributed by atoms with Crippen molar-refractivity contribution in [3.8, 4) is 0 Å². The summed E-state index contributed by atoms with van der Waals surface area (Å²) in [6, 6.07) is 11.9. The summed E-state index contributed by atoms with van der Waals surface area (Å²) >= 11 is 0. The third kappa shape index (κ3) is 3.80. The number of hydrogen-bond donors (Lipinski definition) is 0. The van der Waals surface area contributed by atoms with Gasteiger partial charge in [0, 0.05) is 24.3 Å². The van der Waals surface area contributed by atoms with Crippen molar-refractivity contribution < 1.29 is 19.0 Å². The Morgan fingerprint density at radius 1 is 1.24 bits per heavy atom. The van der Waals surface area contributed by atoms with E-state index in [0.717, 1.165) is 35.4 Å². The summed E-state index contributed by atoms with van der Waals surface area (Å²) < 4.78 is 17.7. The van der Waals surface area contributed by atoms with Gasteiger partial charge in [-0.25, -0.2) is 0 Å². The number of ether oxygens (including phenoxy) is 3. The van der Waals surface area contributed by atoms with E-state index >= 15 is 0 Å². The average molecular weight is 394 g/mol. The van der Waals surface area contributed by atoms with Crippen LogP contribution < -0.4 is 0 Å². The van der Waals surface area contributed by atoms with Crippen LogP contribution in [0, 0.1) is 6.92 Å². The van der Waals surface area contributed by atoms with Gasteiger partial charge >= 0.3 is 0 Å². The van der Waals surface area contributed by atoms with Gasteiger partial charge in [-0.2, -0.15) is 0 Å². The maximum Gasteiger partial charge on any atom is 0.254 e. The number of carbonyl (C=O) groups excluding carboxylic acids is 1. The predicted molar refractivity (Wildman–Crippen MR) is 106 cm³/mol. The van der Waals surface area contributed by atoms with Crippen molar-refractivity contribution >= 4 is 5.91 Å². The molecule has 2 fully saturated rings. The fourth-order valence-electron chi connectivity index (χ4n) is 4.51. The minimum Gasteiger partial charge on any atom is -0.372 e. The lowest BCUT2D eigenvalue weighted by atomic mass is 9.84. The Kier molecular flexibility index (Phi) is 4.86. The molecule has 0 unspecified atom stereocenters. The van der Waals surface area contributed by atoms with Gasteiger partial charge in [0.2, 0.25) is 0 Å². The Morgan fingerprint density at radius 3 is 2.97 bits per heavy atom. The zero-order valence-corrected chi connectivity index (χ0v) is 16.7. The van der Waals surface area contributed by atoms with Crippen molar-refractivity contribution in [2.45, 2.75) is 51.3 Å². The van der Waals surface area contributed by atoms with E-state index in [1.54, 1.807) is 0 Å². The first kappa shape index (κ1) is 18.7. The Balaban J connectivity index is 1.17. The molecule has 1 amide bonds. The van der Waals surface area contributed by atoms with Gasteiger partial charge < -0.3 is 19.1 Å². The Labute approximate surface area is 170 Å². The summed E-state index contributed by atoms with van der Waals surface area (Å²) in [5.41, 5.74) is 4.73. The van der Waals surface area contributed by atoms with Crippen LogP contribution in [0.15, 0.2) is 36.4 Å². The van der Waals surface area contributed by atoms with E-state index in [4.69, 9.17) is 14.2 Å². The number of fused-ring (bicyclic) bond motifs is 1. The third-order valence-corrected chi connectivity index (χ3v) is 6.07. The summed E-state index contributed by atoms with van der Waals surface area (Å²) in [4.78, 5) is 19.2. The number of benzene rings is 1. The number of pyridine rings is 1. The van der Waals surface area contributed by atoms with E-state index in [1.165, 1.54) is 5.56 Å². The van der Waals surface area contributed by atoms with Gasteiger partial charge in [-0.1, -0.05) is 12.1 Å². The lowest BCUT2D eigenvalue weighted by Crippen LogP contribution is -2.67. The van der Waals surface area contributed by atoms with Crippen molar-refractivity contribution in [1.29, 1.82) is 0 Å². The monoisotopic (exact) mass is 394 g/mol. The average Bonchev–Trinajstić information content (AvgIpc) is 3.18. The predicted octanol–water partition coefficient (Wildman–Crippen LogP) is 3.01. The Hall–Kier alpha value is -2.28. The minimum atomic E-state index is -0.265. The molecular weight excluding hydrogens is 368 g/mol. The number of likely N-dealkylation sites (tertiary alicyclic amines) is 1. The first-order chi connectivity index (χ1) is 14.1. The summed E-state index contributed by atoms with van der Waals surface area (Å²) in [6.07, 6.45) is 1.84. The summed E-state index contributed by atoms with van der Waals surface area (Å²) in [7, 11) is 0. The molecule has 152 valence electrons. The highest BCUT2D eigenvalue weighted by Crippen LogP contribution is 2.36. The molecule has 0 bridgehead atoms. The van der Waals surface area contributed by atoms with Crippen molar-refractivity contribution in [1.82, 2.24) is 9.88 Å². The molecule has 2 saturated heterocycles. The van der Waals surface area contributed by atoms with Gasteiger partial charge in [0.05, 0.1) is 44.7 Å². The van der Waals surface area contributed by atoms with Crippen LogP contribution in [0.2, 0.25) is 0 Å². The van der Waals surface area contributed by atoms with Gasteiger partial charge in [0.15, 0.2) is 0 Å². The molecule has 0 aliphatic carbocycles. The molecule has 1 aromatic heterocycles. The molecule has 29 heavy (non-hydrogen) atoms. The Bertz CT molecular complexity index is 923. The molecule has 4 heterocycles. The van der Waals surface area contributed by atoms with Gasteiger partial charge in [-0.3, -0.25) is 9.78 Å². The minimum absolute atomic E-state index is 0.0703. The lowest BCUT2D eigenvalue weighted by molar-refractivity contribution is -0.188. The van der Waals surface area contributed by atoms with Crippen LogP contribution >= 0.6 is 0 Å². The highest BCUT2D eigenvalue weighted by atomic mass is 16.5. The highest BCUT2D eigenvalue weighted by Gasteiger charge is 2.49. The van der Waals surface area contributed by atoms with Crippen LogP contribution in [-0.2, 0) is 34.0 Å². The number of rotatable bonds is 4. The molecule has 1 spiro atoms. The zero-order chi connectivity index (χ0) is 19.8. The second kappa shape index (κ2) is 7.52. The van der Waals surface area contributed by atoms with Crippen LogP contribution in [-0.4, -0.2) is 47.2 Å². The molecule has 3 aliphatic heterocycles. The summed E-state index contributed by atoms with van der Waals surface area (Å²) in [5.74, 6) is 0.0703. The van der Waals surface area contributed by atoms with Crippen molar-refractivity contribution in [3.63, 3.8) is 0 Å². The van der Waals surface area contributed by atoms with Crippen LogP contribution in [0.1, 0.15) is 45.7 Å². The number of aromatic nitrogens is 1. The number of nitrogens with zero attached hydrogens (tertiary/aromatic N) is 2. The quantitative estimate of drug-likeness (QED) is 0.798. The number of hydrogen-bond acceptors (Lipinski definition) is 5. The Morgan fingerprint density at radius 2 is 2.10 bits per heavy atom. The van der Waals surface area contributed by atoms with Crippen LogP contribution in [0.4, 0.5) is 0 Å². The second-order valence-corrected chi connectivity index (χ2v) is 8.37. The largest absolute Gasteiger partial charge is 0.372 e. The normalized spacial score (nSPS) is 22.4. The molecule has 0 N–H and O–H groups in total. The molecule has 6 heteroatoms. The molecule has 2 aromatic rings. The lowest BCUT2D eigenvalue weighted by Gasteiger charge is -2.53. The second-order valence-electron chi connectivity index (χ2n) is 8.37. The maximum atomic E-state index is 12.9. The fraction of sp³-hybridized carbons (Fsp3) is 0.478. The van der Waals surface area contributed by atoms with E-state index in [0.29, 0.717) is 39.5 Å². The van der Waals surface area contributed by atoms with Gasteiger partial charge in [0.25, 0.3) is 5.91 Å². The topological polar surface area (TPSA) is 60.9 Å². The molecule has 5 rings (SSSR count). The standard InChI is InChI=1S/C23H26N2O4/c1-16-3-2-4-20(24-16)13-28-21-7-8-29-23(10-21)14-25(15-23)22(26)17-5-6-18-11-27-12-19(18)9-17/h2-6,9,21H,7-8,10-15H2,1H3/t21-/m1/s1. The van der Waals surface area contributed by atoms with E-state index in [9.17, 15) is 4.79 Å². The first-order valence-electron chi connectivity index (χ1n) is 10.3. The van der Waals surface area contributed by atoms with Gasteiger partial charge in [-0.05, 0) is 48.7 Å². The SMILES string of the molecule is Cc1cccc(CO[C@@H]2CCOC3(C2)CN(C(=O)c2ccc4c(c2)COC4)C3)n1. The number of carbonyl (C=O) groups is 1. The number of amides is 1. The van der Waals surface area contributed by atoms with Gasteiger partial charge in [-0.15, -0.1) is 0 Å². The molecule has 1 aromatic carbocycles. The molecule has 0 saturated carbocycles.